The normalized spacial score (nSPS) is 24.3. The van der Waals surface area contributed by atoms with E-state index in [1.54, 1.807) is 20.8 Å². The van der Waals surface area contributed by atoms with Gasteiger partial charge in [0.05, 0.1) is 5.41 Å². The lowest BCUT2D eigenvalue weighted by atomic mass is 9.61. The molecule has 1 aromatic carbocycles. The highest BCUT2D eigenvalue weighted by atomic mass is 79.9. The van der Waals surface area contributed by atoms with Gasteiger partial charge in [-0.25, -0.2) is 4.79 Å². The third-order valence-electron chi connectivity index (χ3n) is 3.70. The van der Waals surface area contributed by atoms with Gasteiger partial charge in [-0.05, 0) is 51.3 Å². The van der Waals surface area contributed by atoms with Crippen LogP contribution in [0.2, 0.25) is 0 Å². The molecule has 0 aromatic heterocycles. The van der Waals surface area contributed by atoms with Crippen molar-refractivity contribution in [1.29, 1.82) is 0 Å². The van der Waals surface area contributed by atoms with Crippen molar-refractivity contribution < 1.29 is 19.4 Å². The Morgan fingerprint density at radius 3 is 2.50 bits per heavy atom. The number of amides is 1. The van der Waals surface area contributed by atoms with E-state index in [9.17, 15) is 14.7 Å². The molecule has 2 rings (SSSR count). The maximum Gasteiger partial charge on any atom is 0.407 e. The van der Waals surface area contributed by atoms with Crippen molar-refractivity contribution in [2.45, 2.75) is 50.7 Å². The largest absolute Gasteiger partial charge is 0.481 e. The average molecular weight is 370 g/mol. The summed E-state index contributed by atoms with van der Waals surface area (Å²) < 4.78 is 6.03. The molecule has 0 bridgehead atoms. The summed E-state index contributed by atoms with van der Waals surface area (Å²) in [7, 11) is 0. The van der Waals surface area contributed by atoms with Crippen molar-refractivity contribution in [2.24, 2.45) is 0 Å². The van der Waals surface area contributed by atoms with Crippen LogP contribution in [0.15, 0.2) is 28.7 Å². The summed E-state index contributed by atoms with van der Waals surface area (Å²) in [5.41, 5.74) is -0.762. The number of carboxylic acid groups (broad SMARTS) is 1. The molecule has 0 radical (unpaired) electrons. The van der Waals surface area contributed by atoms with Crippen LogP contribution in [-0.2, 0) is 14.9 Å². The number of rotatable bonds is 3. The number of carbonyl (C=O) groups is 2. The molecule has 1 aromatic rings. The summed E-state index contributed by atoms with van der Waals surface area (Å²) in [5.74, 6) is -0.868. The van der Waals surface area contributed by atoms with Gasteiger partial charge in [-0.1, -0.05) is 28.1 Å². The second-order valence-corrected chi connectivity index (χ2v) is 7.56. The van der Waals surface area contributed by atoms with E-state index >= 15 is 0 Å². The Hall–Kier alpha value is -1.56. The number of carboxylic acids is 1. The zero-order valence-corrected chi connectivity index (χ0v) is 14.4. The number of hydrogen-bond donors (Lipinski definition) is 2. The van der Waals surface area contributed by atoms with E-state index in [-0.39, 0.29) is 6.04 Å². The summed E-state index contributed by atoms with van der Waals surface area (Å²) in [4.78, 5) is 23.5. The third-order valence-corrected chi connectivity index (χ3v) is 4.19. The van der Waals surface area contributed by atoms with E-state index in [0.29, 0.717) is 12.8 Å². The molecule has 0 atom stereocenters. The van der Waals surface area contributed by atoms with E-state index in [1.807, 2.05) is 24.3 Å². The predicted molar refractivity (Wildman–Crippen MR) is 85.8 cm³/mol. The van der Waals surface area contributed by atoms with Crippen LogP contribution in [0.25, 0.3) is 0 Å². The Balaban J connectivity index is 2.04. The predicted octanol–water partition coefficient (Wildman–Crippen LogP) is 3.46. The van der Waals surface area contributed by atoms with Gasteiger partial charge in [0.1, 0.15) is 5.60 Å². The lowest BCUT2D eigenvalue weighted by molar-refractivity contribution is -0.148. The Labute approximate surface area is 138 Å². The molecule has 0 saturated heterocycles. The molecule has 5 nitrogen and oxygen atoms in total. The van der Waals surface area contributed by atoms with Crippen molar-refractivity contribution in [3.63, 3.8) is 0 Å². The molecule has 0 aliphatic heterocycles. The number of hydrogen-bond acceptors (Lipinski definition) is 3. The van der Waals surface area contributed by atoms with Gasteiger partial charge in [0, 0.05) is 10.5 Å². The van der Waals surface area contributed by atoms with Crippen molar-refractivity contribution in [1.82, 2.24) is 5.32 Å². The highest BCUT2D eigenvalue weighted by Gasteiger charge is 2.52. The maximum absolute atomic E-state index is 11.7. The highest BCUT2D eigenvalue weighted by Crippen LogP contribution is 2.44. The number of carbonyl (C=O) groups excluding carboxylic acids is 1. The van der Waals surface area contributed by atoms with Crippen molar-refractivity contribution in [2.75, 3.05) is 0 Å². The lowest BCUT2D eigenvalue weighted by Crippen LogP contribution is -2.57. The van der Waals surface area contributed by atoms with E-state index in [1.165, 1.54) is 0 Å². The molecule has 1 aliphatic rings. The third kappa shape index (κ3) is 3.61. The Kier molecular flexibility index (Phi) is 4.52. The molecule has 1 amide bonds. The number of alkyl carbamates (subject to hydrolysis) is 1. The van der Waals surface area contributed by atoms with Gasteiger partial charge in [-0.3, -0.25) is 4.79 Å². The molecular weight excluding hydrogens is 350 g/mol. The van der Waals surface area contributed by atoms with Gasteiger partial charge in [-0.2, -0.15) is 0 Å². The van der Waals surface area contributed by atoms with E-state index in [2.05, 4.69) is 21.2 Å². The van der Waals surface area contributed by atoms with Crippen LogP contribution >= 0.6 is 15.9 Å². The second kappa shape index (κ2) is 5.91. The summed E-state index contributed by atoms with van der Waals surface area (Å²) >= 11 is 3.36. The average Bonchev–Trinajstić information content (AvgIpc) is 2.30. The summed E-state index contributed by atoms with van der Waals surface area (Å²) in [5, 5.41) is 12.3. The molecule has 1 fully saturated rings. The number of halogens is 1. The fourth-order valence-corrected chi connectivity index (χ4v) is 3.08. The first-order chi connectivity index (χ1) is 10.1. The van der Waals surface area contributed by atoms with E-state index in [0.717, 1.165) is 10.0 Å². The fourth-order valence-electron chi connectivity index (χ4n) is 2.68. The van der Waals surface area contributed by atoms with Crippen LogP contribution in [0, 0.1) is 0 Å². The standard InChI is InChI=1S/C16H20BrNO4/c1-15(2,3)22-14(21)18-12-8-16(9-12,13(19)20)10-5-4-6-11(17)7-10/h4-7,12H,8-9H2,1-3H3,(H,18,21)(H,19,20). The number of benzene rings is 1. The Morgan fingerprint density at radius 1 is 1.36 bits per heavy atom. The Bertz CT molecular complexity index is 588. The number of ether oxygens (including phenoxy) is 1. The van der Waals surface area contributed by atoms with Crippen LogP contribution in [0.5, 0.6) is 0 Å². The maximum atomic E-state index is 11.7. The minimum Gasteiger partial charge on any atom is -0.481 e. The van der Waals surface area contributed by atoms with Gasteiger partial charge in [0.15, 0.2) is 0 Å². The van der Waals surface area contributed by atoms with Crippen molar-refractivity contribution in [3.05, 3.63) is 34.3 Å². The van der Waals surface area contributed by atoms with Crippen LogP contribution in [-0.4, -0.2) is 28.8 Å². The molecule has 2 N–H and O–H groups in total. The van der Waals surface area contributed by atoms with E-state index < -0.39 is 23.1 Å². The highest BCUT2D eigenvalue weighted by molar-refractivity contribution is 9.10. The van der Waals surface area contributed by atoms with Gasteiger partial charge in [-0.15, -0.1) is 0 Å². The molecular formula is C16H20BrNO4. The number of aliphatic carboxylic acids is 1. The van der Waals surface area contributed by atoms with Gasteiger partial charge in [0.2, 0.25) is 0 Å². The first kappa shape index (κ1) is 16.8. The molecule has 1 aliphatic carbocycles. The topological polar surface area (TPSA) is 75.6 Å². The van der Waals surface area contributed by atoms with Crippen molar-refractivity contribution >= 4 is 28.0 Å². The van der Waals surface area contributed by atoms with Crippen LogP contribution < -0.4 is 5.32 Å². The zero-order chi connectivity index (χ0) is 16.5. The van der Waals surface area contributed by atoms with Crippen LogP contribution in [0.4, 0.5) is 4.79 Å². The van der Waals surface area contributed by atoms with Gasteiger partial charge < -0.3 is 15.2 Å². The summed E-state index contributed by atoms with van der Waals surface area (Å²) in [6.07, 6.45) is 0.210. The summed E-state index contributed by atoms with van der Waals surface area (Å²) in [6, 6.07) is 7.11. The fraction of sp³-hybridized carbons (Fsp3) is 0.500. The van der Waals surface area contributed by atoms with Crippen LogP contribution in [0.3, 0.4) is 0 Å². The van der Waals surface area contributed by atoms with Gasteiger partial charge in [0.25, 0.3) is 0 Å². The molecule has 22 heavy (non-hydrogen) atoms. The Morgan fingerprint density at radius 2 is 2.00 bits per heavy atom. The minimum absolute atomic E-state index is 0.190. The first-order valence-corrected chi connectivity index (χ1v) is 7.91. The zero-order valence-electron chi connectivity index (χ0n) is 12.9. The SMILES string of the molecule is CC(C)(C)OC(=O)NC1CC(C(=O)O)(c2cccc(Br)c2)C1. The minimum atomic E-state index is -0.941. The molecule has 0 spiro atoms. The molecule has 120 valence electrons. The monoisotopic (exact) mass is 369 g/mol. The van der Waals surface area contributed by atoms with Gasteiger partial charge >= 0.3 is 12.1 Å². The lowest BCUT2D eigenvalue weighted by Gasteiger charge is -2.45. The number of nitrogens with one attached hydrogen (secondary N) is 1. The molecule has 0 heterocycles. The smallest absolute Gasteiger partial charge is 0.407 e. The van der Waals surface area contributed by atoms with Crippen molar-refractivity contribution in [3.8, 4) is 0 Å². The van der Waals surface area contributed by atoms with Crippen LogP contribution in [0.1, 0.15) is 39.2 Å². The quantitative estimate of drug-likeness (QED) is 0.855. The molecule has 1 saturated carbocycles. The second-order valence-electron chi connectivity index (χ2n) is 6.65. The van der Waals surface area contributed by atoms with E-state index in [4.69, 9.17) is 4.74 Å². The molecule has 6 heteroatoms. The first-order valence-electron chi connectivity index (χ1n) is 7.11. The molecule has 0 unspecified atom stereocenters. The summed E-state index contributed by atoms with van der Waals surface area (Å²) in [6.45, 7) is 5.36.